The van der Waals surface area contributed by atoms with Crippen LogP contribution in [0.25, 0.3) is 0 Å². The quantitative estimate of drug-likeness (QED) is 0.866. The summed E-state index contributed by atoms with van der Waals surface area (Å²) in [6.07, 6.45) is 0.298. The van der Waals surface area contributed by atoms with Crippen LogP contribution in [0, 0.1) is 19.7 Å². The van der Waals surface area contributed by atoms with E-state index in [9.17, 15) is 9.18 Å². The molecule has 0 fully saturated rings. The molecule has 0 amide bonds. The van der Waals surface area contributed by atoms with Crippen molar-refractivity contribution < 1.29 is 14.3 Å². The van der Waals surface area contributed by atoms with Gasteiger partial charge in [-0.25, -0.2) is 4.39 Å². The highest BCUT2D eigenvalue weighted by Gasteiger charge is 2.12. The fraction of sp³-hybridized carbons (Fsp3) is 0.364. The molecule has 0 saturated heterocycles. The predicted octanol–water partition coefficient (Wildman–Crippen LogP) is 3.11. The van der Waals surface area contributed by atoms with Gasteiger partial charge >= 0.3 is 5.97 Å². The second-order valence-corrected chi connectivity index (χ2v) is 3.87. The topological polar surface area (TPSA) is 37.3 Å². The van der Waals surface area contributed by atoms with E-state index in [1.165, 1.54) is 6.07 Å². The SMILES string of the molecule is Cc1c(F)cc(Cl)c(C)c1CCC(=O)O. The Morgan fingerprint density at radius 2 is 2.07 bits per heavy atom. The third kappa shape index (κ3) is 2.69. The number of carbonyl (C=O) groups is 1. The van der Waals surface area contributed by atoms with Crippen molar-refractivity contribution in [3.8, 4) is 0 Å². The monoisotopic (exact) mass is 230 g/mol. The number of hydrogen-bond acceptors (Lipinski definition) is 1. The van der Waals surface area contributed by atoms with Crippen molar-refractivity contribution >= 4 is 17.6 Å². The molecule has 0 saturated carbocycles. The van der Waals surface area contributed by atoms with Crippen LogP contribution in [0.2, 0.25) is 5.02 Å². The molecule has 82 valence electrons. The van der Waals surface area contributed by atoms with Gasteiger partial charge in [-0.2, -0.15) is 0 Å². The number of aliphatic carboxylic acids is 1. The Kier molecular flexibility index (Phi) is 3.69. The number of carboxylic acids is 1. The molecule has 1 N–H and O–H groups in total. The van der Waals surface area contributed by atoms with Crippen LogP contribution < -0.4 is 0 Å². The maximum Gasteiger partial charge on any atom is 0.303 e. The number of benzene rings is 1. The Labute approximate surface area is 92.7 Å². The van der Waals surface area contributed by atoms with Gasteiger partial charge in [0.25, 0.3) is 0 Å². The smallest absolute Gasteiger partial charge is 0.303 e. The first-order valence-corrected chi connectivity index (χ1v) is 4.97. The zero-order valence-corrected chi connectivity index (χ0v) is 9.36. The van der Waals surface area contributed by atoms with E-state index in [1.54, 1.807) is 13.8 Å². The van der Waals surface area contributed by atoms with Gasteiger partial charge in [-0.3, -0.25) is 4.79 Å². The summed E-state index contributed by atoms with van der Waals surface area (Å²) in [7, 11) is 0. The maximum absolute atomic E-state index is 13.3. The third-order valence-corrected chi connectivity index (χ3v) is 2.86. The van der Waals surface area contributed by atoms with Gasteiger partial charge in [0, 0.05) is 11.4 Å². The first kappa shape index (κ1) is 12.0. The maximum atomic E-state index is 13.3. The number of halogens is 2. The Hall–Kier alpha value is -1.09. The average molecular weight is 231 g/mol. The molecule has 0 aliphatic heterocycles. The molecule has 0 radical (unpaired) electrons. The first-order valence-electron chi connectivity index (χ1n) is 4.59. The van der Waals surface area contributed by atoms with Crippen molar-refractivity contribution in [3.05, 3.63) is 33.6 Å². The fourth-order valence-electron chi connectivity index (χ4n) is 1.50. The van der Waals surface area contributed by atoms with Crippen molar-refractivity contribution in [3.63, 3.8) is 0 Å². The lowest BCUT2D eigenvalue weighted by Gasteiger charge is -2.11. The van der Waals surface area contributed by atoms with Gasteiger partial charge in [0.05, 0.1) is 0 Å². The van der Waals surface area contributed by atoms with Crippen LogP contribution >= 0.6 is 11.6 Å². The Morgan fingerprint density at radius 1 is 1.47 bits per heavy atom. The van der Waals surface area contributed by atoms with Crippen molar-refractivity contribution in [1.29, 1.82) is 0 Å². The van der Waals surface area contributed by atoms with Gasteiger partial charge in [0.1, 0.15) is 5.82 Å². The third-order valence-electron chi connectivity index (χ3n) is 2.46. The summed E-state index contributed by atoms with van der Waals surface area (Å²) < 4.78 is 13.3. The fourth-order valence-corrected chi connectivity index (χ4v) is 1.71. The molecule has 4 heteroatoms. The van der Waals surface area contributed by atoms with Gasteiger partial charge in [0.15, 0.2) is 0 Å². The molecule has 0 aromatic heterocycles. The molecule has 1 rings (SSSR count). The van der Waals surface area contributed by atoms with E-state index in [0.29, 0.717) is 22.6 Å². The molecule has 15 heavy (non-hydrogen) atoms. The van der Waals surface area contributed by atoms with E-state index in [-0.39, 0.29) is 12.2 Å². The molecule has 0 atom stereocenters. The van der Waals surface area contributed by atoms with E-state index < -0.39 is 5.97 Å². The molecule has 1 aromatic rings. The average Bonchev–Trinajstić information content (AvgIpc) is 2.14. The molecule has 0 bridgehead atoms. The molecule has 0 aliphatic carbocycles. The Balaban J connectivity index is 3.09. The predicted molar refractivity (Wildman–Crippen MR) is 56.8 cm³/mol. The van der Waals surface area contributed by atoms with Crippen molar-refractivity contribution in [2.45, 2.75) is 26.7 Å². The molecular formula is C11H12ClFO2. The lowest BCUT2D eigenvalue weighted by Crippen LogP contribution is -2.03. The van der Waals surface area contributed by atoms with E-state index in [4.69, 9.17) is 16.7 Å². The van der Waals surface area contributed by atoms with Crippen LogP contribution in [0.5, 0.6) is 0 Å². The van der Waals surface area contributed by atoms with Gasteiger partial charge in [0.2, 0.25) is 0 Å². The second-order valence-electron chi connectivity index (χ2n) is 3.46. The van der Waals surface area contributed by atoms with Crippen LogP contribution in [0.3, 0.4) is 0 Å². The van der Waals surface area contributed by atoms with Crippen molar-refractivity contribution in [2.24, 2.45) is 0 Å². The molecule has 2 nitrogen and oxygen atoms in total. The van der Waals surface area contributed by atoms with Gasteiger partial charge in [-0.1, -0.05) is 11.6 Å². The van der Waals surface area contributed by atoms with Crippen LogP contribution in [0.1, 0.15) is 23.1 Å². The van der Waals surface area contributed by atoms with E-state index in [1.807, 2.05) is 0 Å². The molecule has 0 heterocycles. The van der Waals surface area contributed by atoms with Crippen LogP contribution in [0.4, 0.5) is 4.39 Å². The van der Waals surface area contributed by atoms with Crippen molar-refractivity contribution in [1.82, 2.24) is 0 Å². The normalized spacial score (nSPS) is 10.4. The summed E-state index contributed by atoms with van der Waals surface area (Å²) >= 11 is 5.82. The lowest BCUT2D eigenvalue weighted by atomic mass is 9.98. The van der Waals surface area contributed by atoms with Crippen molar-refractivity contribution in [2.75, 3.05) is 0 Å². The molecular weight excluding hydrogens is 219 g/mol. The summed E-state index contributed by atoms with van der Waals surface area (Å²) in [5, 5.41) is 8.91. The molecule has 1 aromatic carbocycles. The minimum atomic E-state index is -0.894. The minimum absolute atomic E-state index is 0.0124. The Morgan fingerprint density at radius 3 is 2.60 bits per heavy atom. The summed E-state index contributed by atoms with van der Waals surface area (Å²) in [4.78, 5) is 10.4. The molecule has 0 aliphatic rings. The highest BCUT2D eigenvalue weighted by atomic mass is 35.5. The minimum Gasteiger partial charge on any atom is -0.481 e. The lowest BCUT2D eigenvalue weighted by molar-refractivity contribution is -0.136. The zero-order valence-electron chi connectivity index (χ0n) is 8.60. The molecule has 0 unspecified atom stereocenters. The summed E-state index contributed by atoms with van der Waals surface area (Å²) in [5.74, 6) is -1.28. The zero-order chi connectivity index (χ0) is 11.6. The van der Waals surface area contributed by atoms with Gasteiger partial charge in [-0.05, 0) is 43.0 Å². The highest BCUT2D eigenvalue weighted by molar-refractivity contribution is 6.31. The van der Waals surface area contributed by atoms with Gasteiger partial charge < -0.3 is 5.11 Å². The number of rotatable bonds is 3. The standard InChI is InChI=1S/C11H12ClFO2/c1-6-8(3-4-11(14)15)7(2)10(13)5-9(6)12/h5H,3-4H2,1-2H3,(H,14,15). The number of hydrogen-bond donors (Lipinski definition) is 1. The largest absolute Gasteiger partial charge is 0.481 e. The van der Waals surface area contributed by atoms with E-state index >= 15 is 0 Å². The van der Waals surface area contributed by atoms with E-state index in [2.05, 4.69) is 0 Å². The first-order chi connectivity index (χ1) is 6.93. The number of carboxylic acid groups (broad SMARTS) is 1. The van der Waals surface area contributed by atoms with Crippen LogP contribution in [-0.4, -0.2) is 11.1 Å². The van der Waals surface area contributed by atoms with Crippen LogP contribution in [0.15, 0.2) is 6.07 Å². The second kappa shape index (κ2) is 4.62. The summed E-state index contributed by atoms with van der Waals surface area (Å²) in [6.45, 7) is 3.40. The van der Waals surface area contributed by atoms with Crippen LogP contribution in [-0.2, 0) is 11.2 Å². The van der Waals surface area contributed by atoms with Gasteiger partial charge in [-0.15, -0.1) is 0 Å². The Bertz CT molecular complexity index is 376. The summed E-state index contributed by atoms with van der Waals surface area (Å²) in [5.41, 5.74) is 1.94. The van der Waals surface area contributed by atoms with E-state index in [0.717, 1.165) is 5.56 Å². The summed E-state index contributed by atoms with van der Waals surface area (Å²) in [6, 6.07) is 1.26. The molecule has 0 spiro atoms. The highest BCUT2D eigenvalue weighted by Crippen LogP contribution is 2.26.